The number of aromatic amines is 1. The number of benzene rings is 2. The Hall–Kier alpha value is -6.55. The Morgan fingerprint density at radius 2 is 1.66 bits per heavy atom. The van der Waals surface area contributed by atoms with E-state index in [-0.39, 0.29) is 68.3 Å². The molecule has 2 aromatic carbocycles. The van der Waals surface area contributed by atoms with E-state index in [1.165, 1.54) is 25.2 Å². The van der Waals surface area contributed by atoms with Gasteiger partial charge < -0.3 is 49.7 Å². The van der Waals surface area contributed by atoms with Gasteiger partial charge in [0.15, 0.2) is 12.9 Å². The van der Waals surface area contributed by atoms with Crippen LogP contribution in [0.15, 0.2) is 60.8 Å². The quantitative estimate of drug-likeness (QED) is 0.0229. The molecule has 3 heterocycles. The number of nitrogens with two attached hydrogens (primary N) is 1. The molecule has 7 N–H and O–H groups in total. The summed E-state index contributed by atoms with van der Waals surface area (Å²) in [7, 11) is 1.40. The number of hydrogen-bond acceptors (Lipinski definition) is 16. The van der Waals surface area contributed by atoms with E-state index in [0.717, 1.165) is 21.9 Å². The smallest absolute Gasteiger partial charge is 0.258 e. The number of piperidine rings is 1. The average molecular weight is 876 g/mol. The number of aldehydes is 1. The number of H-pyrrole nitrogens is 1. The van der Waals surface area contributed by atoms with Gasteiger partial charge in [-0.25, -0.2) is 4.98 Å². The molecule has 5 rings (SSSR count). The van der Waals surface area contributed by atoms with Gasteiger partial charge in [-0.3, -0.25) is 39.2 Å². The van der Waals surface area contributed by atoms with E-state index >= 15 is 0 Å². The third kappa shape index (κ3) is 13.5. The number of nitrogens with zero attached hydrogens (tertiary/aromatic N) is 3. The maximum absolute atomic E-state index is 13.4. The second-order valence-corrected chi connectivity index (χ2v) is 14.4. The molecule has 0 radical (unpaired) electrons. The number of primary amides is 1. The zero-order valence-corrected chi connectivity index (χ0v) is 35.0. The molecule has 2 aromatic heterocycles. The van der Waals surface area contributed by atoms with Crippen molar-refractivity contribution in [1.82, 2.24) is 30.7 Å². The predicted molar refractivity (Wildman–Crippen MR) is 228 cm³/mol. The van der Waals surface area contributed by atoms with Gasteiger partial charge in [-0.2, -0.15) is 5.10 Å². The molecule has 62 heavy (non-hydrogen) atoms. The summed E-state index contributed by atoms with van der Waals surface area (Å²) in [6.45, 7) is 3.72. The Bertz CT molecular complexity index is 2170. The number of nitrogens with one attached hydrogen (secondary N) is 5. The number of aromatic nitrogens is 3. The van der Waals surface area contributed by atoms with Crippen LogP contribution >= 0.6 is 11.9 Å². The molecule has 330 valence electrons. The van der Waals surface area contributed by atoms with Crippen LogP contribution in [0.4, 0.5) is 17.2 Å². The van der Waals surface area contributed by atoms with Gasteiger partial charge in [-0.05, 0) is 30.7 Å². The minimum Gasteiger partial charge on any atom is -0.483 e. The Morgan fingerprint density at radius 3 is 2.35 bits per heavy atom. The molecule has 4 aromatic rings. The molecule has 0 aliphatic carbocycles. The summed E-state index contributed by atoms with van der Waals surface area (Å²) >= 11 is 1.58. The van der Waals surface area contributed by atoms with E-state index in [4.69, 9.17) is 29.4 Å². The van der Waals surface area contributed by atoms with Crippen LogP contribution in [0.25, 0.3) is 11.3 Å². The first-order valence-electron chi connectivity index (χ1n) is 19.6. The van der Waals surface area contributed by atoms with E-state index in [1.54, 1.807) is 30.3 Å². The lowest BCUT2D eigenvalue weighted by Crippen LogP contribution is -2.53. The summed E-state index contributed by atoms with van der Waals surface area (Å²) in [6, 6.07) is 14.4. The molecule has 20 nitrogen and oxygen atoms in total. The van der Waals surface area contributed by atoms with Gasteiger partial charge in [0.05, 0.1) is 45.2 Å². The molecule has 0 spiro atoms. The summed E-state index contributed by atoms with van der Waals surface area (Å²) in [5, 5.41) is 15.2. The first-order chi connectivity index (χ1) is 30.1. The van der Waals surface area contributed by atoms with Crippen LogP contribution in [0.5, 0.6) is 11.6 Å². The molecule has 1 fully saturated rings. The molecular weight excluding hydrogens is 827 g/mol. The van der Waals surface area contributed by atoms with Gasteiger partial charge >= 0.3 is 0 Å². The zero-order valence-electron chi connectivity index (χ0n) is 34.2. The molecule has 0 saturated carbocycles. The monoisotopic (exact) mass is 875 g/mol. The van der Waals surface area contributed by atoms with Crippen molar-refractivity contribution in [2.45, 2.75) is 25.8 Å². The molecule has 21 heteroatoms. The van der Waals surface area contributed by atoms with E-state index in [0.29, 0.717) is 49.2 Å². The number of carbonyl (C=O) groups is 6. The number of ether oxygens (including phenoxy) is 5. The largest absolute Gasteiger partial charge is 0.483 e. The van der Waals surface area contributed by atoms with Crippen molar-refractivity contribution in [2.75, 3.05) is 82.2 Å². The number of anilines is 3. The lowest BCUT2D eigenvalue weighted by molar-refractivity contribution is -0.136. The normalized spacial score (nSPS) is 13.5. The van der Waals surface area contributed by atoms with Crippen LogP contribution in [0.1, 0.15) is 50.8 Å². The van der Waals surface area contributed by atoms with Crippen molar-refractivity contribution in [3.8, 4) is 22.9 Å². The summed E-state index contributed by atoms with van der Waals surface area (Å²) < 4.78 is 31.1. The number of hydrogen-bond donors (Lipinski definition) is 6. The summed E-state index contributed by atoms with van der Waals surface area (Å²) in [4.78, 5) is 79.2. The van der Waals surface area contributed by atoms with Crippen molar-refractivity contribution in [2.24, 2.45) is 5.73 Å². The lowest BCUT2D eigenvalue weighted by atomic mass is 10.0. The minimum absolute atomic E-state index is 0.00470. The number of amides is 5. The van der Waals surface area contributed by atoms with Gasteiger partial charge in [0, 0.05) is 60.5 Å². The topological polar surface area (TPSA) is 268 Å². The molecular formula is C41H49N9O11S. The Labute approximate surface area is 361 Å². The molecule has 0 bridgehead atoms. The third-order valence-corrected chi connectivity index (χ3v) is 9.72. The highest BCUT2D eigenvalue weighted by molar-refractivity contribution is 8.00. The van der Waals surface area contributed by atoms with Crippen LogP contribution in [0.3, 0.4) is 0 Å². The van der Waals surface area contributed by atoms with Crippen molar-refractivity contribution in [3.63, 3.8) is 0 Å². The SMILES string of the molecule is CCSNc1ccc(-c2n[nH]c(Nc3ccnc(OCCOCCOCCOCCNC(=O)COc4cccc(C=O)c4C(=O)N(C)C4CCC(=O)NC4=O)c3)c2C(N)=O)cc1. The number of likely N-dealkylation sites (N-methyl/N-ethyl adjacent to an activating group) is 1. The fraction of sp³-hybridized carbons (Fsp3) is 0.366. The first kappa shape index (κ1) is 46.5. The van der Waals surface area contributed by atoms with Gasteiger partial charge in [0.25, 0.3) is 17.7 Å². The summed E-state index contributed by atoms with van der Waals surface area (Å²) in [5.41, 5.74) is 8.56. The van der Waals surface area contributed by atoms with E-state index < -0.39 is 42.2 Å². The zero-order chi connectivity index (χ0) is 44.3. The van der Waals surface area contributed by atoms with E-state index in [9.17, 15) is 28.8 Å². The molecule has 1 atom stereocenters. The van der Waals surface area contributed by atoms with Crippen LogP contribution in [0.2, 0.25) is 0 Å². The molecule has 1 aliphatic rings. The second-order valence-electron chi connectivity index (χ2n) is 13.4. The van der Waals surface area contributed by atoms with Crippen molar-refractivity contribution >= 4 is 65.0 Å². The molecule has 1 saturated heterocycles. The summed E-state index contributed by atoms with van der Waals surface area (Å²) in [6.07, 6.45) is 2.25. The van der Waals surface area contributed by atoms with Crippen molar-refractivity contribution in [3.05, 3.63) is 77.5 Å². The maximum atomic E-state index is 13.4. The van der Waals surface area contributed by atoms with Crippen molar-refractivity contribution in [1.29, 1.82) is 0 Å². The second kappa shape index (κ2) is 24.0. The lowest BCUT2D eigenvalue weighted by Gasteiger charge is -2.30. The van der Waals surface area contributed by atoms with Crippen molar-refractivity contribution < 1.29 is 52.5 Å². The Morgan fingerprint density at radius 1 is 0.935 bits per heavy atom. The number of pyridine rings is 1. The Kier molecular flexibility index (Phi) is 18.0. The molecule has 1 aliphatic heterocycles. The predicted octanol–water partition coefficient (Wildman–Crippen LogP) is 2.71. The molecule has 5 amide bonds. The maximum Gasteiger partial charge on any atom is 0.258 e. The van der Waals surface area contributed by atoms with Gasteiger partial charge in [-0.15, -0.1) is 0 Å². The highest BCUT2D eigenvalue weighted by Crippen LogP contribution is 2.30. The number of rotatable bonds is 26. The van der Waals surface area contributed by atoms with Gasteiger partial charge in [-0.1, -0.05) is 43.1 Å². The van der Waals surface area contributed by atoms with E-state index in [1.807, 2.05) is 24.3 Å². The Balaban J connectivity index is 0.921. The van der Waals surface area contributed by atoms with Crippen LogP contribution in [0, 0.1) is 0 Å². The van der Waals surface area contributed by atoms with Gasteiger partial charge in [0.2, 0.25) is 17.7 Å². The fourth-order valence-corrected chi connectivity index (χ4v) is 6.46. The first-order valence-corrected chi connectivity index (χ1v) is 20.6. The average Bonchev–Trinajstić information content (AvgIpc) is 3.69. The standard InChI is InChI=1S/C41H49N9O11S/c1-3-62-49-28-9-7-26(8-10-28)37-36(38(42)54)39(48-47-37)45-29-13-14-44-34(23-29)60-22-21-59-20-19-58-18-17-57-16-15-43-33(53)25-61-31-6-4-5-27(24-51)35(31)41(56)50(2)30-11-12-32(52)46-40(30)55/h4-10,13-14,23-24,30,49H,3,11-12,15-22,25H2,1-2H3,(H2,42,54)(H,43,53)(H,46,52,55)(H2,44,45,47,48). The number of carbonyl (C=O) groups excluding carboxylic acids is 6. The van der Waals surface area contributed by atoms with Gasteiger partial charge in [0.1, 0.15) is 35.5 Å². The fourth-order valence-electron chi connectivity index (χ4n) is 6.01. The number of imide groups is 1. The third-order valence-electron chi connectivity index (χ3n) is 9.06. The highest BCUT2D eigenvalue weighted by atomic mass is 32.2. The highest BCUT2D eigenvalue weighted by Gasteiger charge is 2.34. The minimum atomic E-state index is -0.909. The van der Waals surface area contributed by atoms with Crippen LogP contribution in [-0.4, -0.2) is 134 Å². The van der Waals surface area contributed by atoms with Crippen LogP contribution < -0.4 is 35.9 Å². The van der Waals surface area contributed by atoms with E-state index in [2.05, 4.69) is 42.8 Å². The molecule has 1 unspecified atom stereocenters. The summed E-state index contributed by atoms with van der Waals surface area (Å²) in [5.74, 6) is -1.24. The van der Waals surface area contributed by atoms with Crippen LogP contribution in [-0.2, 0) is 28.6 Å².